The summed E-state index contributed by atoms with van der Waals surface area (Å²) < 4.78 is 0. The first-order valence-corrected chi connectivity index (χ1v) is 5.77. The number of hydrogen-bond donors (Lipinski definition) is 2. The standard InChI is InChI=1S/C11H20N2O3/c1-3-7(2)9(12)10(14)13-6-4-5-8(13)11(15)16/h7-9H,3-6,12H2,1-2H3,(H,15,16)/t7?,8-,9-/m0/s1. The molecule has 0 aromatic carbocycles. The Morgan fingerprint density at radius 2 is 2.19 bits per heavy atom. The van der Waals surface area contributed by atoms with Crippen LogP contribution in [0, 0.1) is 5.92 Å². The van der Waals surface area contributed by atoms with Gasteiger partial charge < -0.3 is 15.7 Å². The second-order valence-electron chi connectivity index (χ2n) is 4.44. The molecule has 1 aliphatic heterocycles. The first-order chi connectivity index (χ1) is 7.49. The summed E-state index contributed by atoms with van der Waals surface area (Å²) in [5.41, 5.74) is 5.83. The first kappa shape index (κ1) is 13.0. The zero-order chi connectivity index (χ0) is 12.3. The molecule has 5 heteroatoms. The van der Waals surface area contributed by atoms with Crippen LogP contribution in [0.4, 0.5) is 0 Å². The lowest BCUT2D eigenvalue weighted by Crippen LogP contribution is -2.50. The van der Waals surface area contributed by atoms with Gasteiger partial charge in [0, 0.05) is 6.54 Å². The van der Waals surface area contributed by atoms with Crippen LogP contribution in [0.2, 0.25) is 0 Å². The van der Waals surface area contributed by atoms with E-state index in [0.717, 1.165) is 12.8 Å². The molecule has 0 aromatic heterocycles. The molecule has 92 valence electrons. The Balaban J connectivity index is 2.69. The zero-order valence-electron chi connectivity index (χ0n) is 9.85. The SMILES string of the molecule is CCC(C)[C@H](N)C(=O)N1CCC[C@H]1C(=O)O. The van der Waals surface area contributed by atoms with E-state index in [1.165, 1.54) is 4.90 Å². The summed E-state index contributed by atoms with van der Waals surface area (Å²) in [6, 6.07) is -1.26. The molecule has 1 rings (SSSR count). The highest BCUT2D eigenvalue weighted by Crippen LogP contribution is 2.20. The van der Waals surface area contributed by atoms with Crippen molar-refractivity contribution in [2.75, 3.05) is 6.54 Å². The van der Waals surface area contributed by atoms with Gasteiger partial charge in [0.2, 0.25) is 5.91 Å². The first-order valence-electron chi connectivity index (χ1n) is 5.77. The van der Waals surface area contributed by atoms with Crippen molar-refractivity contribution < 1.29 is 14.7 Å². The molecule has 0 saturated carbocycles. The van der Waals surface area contributed by atoms with E-state index in [4.69, 9.17) is 10.8 Å². The summed E-state index contributed by atoms with van der Waals surface area (Å²) in [5.74, 6) is -1.07. The summed E-state index contributed by atoms with van der Waals surface area (Å²) in [7, 11) is 0. The van der Waals surface area contributed by atoms with Crippen molar-refractivity contribution in [3.8, 4) is 0 Å². The van der Waals surface area contributed by atoms with Crippen molar-refractivity contribution in [2.45, 2.75) is 45.2 Å². The van der Waals surface area contributed by atoms with Gasteiger partial charge in [0.25, 0.3) is 0 Å². The molecule has 16 heavy (non-hydrogen) atoms. The Morgan fingerprint density at radius 3 is 2.69 bits per heavy atom. The average molecular weight is 228 g/mol. The number of nitrogens with two attached hydrogens (primary N) is 1. The van der Waals surface area contributed by atoms with E-state index in [9.17, 15) is 9.59 Å². The Kier molecular flexibility index (Phi) is 4.29. The van der Waals surface area contributed by atoms with Gasteiger partial charge >= 0.3 is 5.97 Å². The number of nitrogens with zero attached hydrogens (tertiary/aromatic N) is 1. The molecule has 0 aromatic rings. The number of hydrogen-bond acceptors (Lipinski definition) is 3. The Morgan fingerprint density at radius 1 is 1.56 bits per heavy atom. The number of amides is 1. The number of carbonyl (C=O) groups is 2. The van der Waals surface area contributed by atoms with Crippen LogP contribution in [0.25, 0.3) is 0 Å². The lowest BCUT2D eigenvalue weighted by molar-refractivity contribution is -0.149. The van der Waals surface area contributed by atoms with Crippen LogP contribution in [-0.2, 0) is 9.59 Å². The number of carboxylic acid groups (broad SMARTS) is 1. The predicted octanol–water partition coefficient (Wildman–Crippen LogP) is 0.435. The van der Waals surface area contributed by atoms with Crippen molar-refractivity contribution in [3.05, 3.63) is 0 Å². The highest BCUT2D eigenvalue weighted by molar-refractivity contribution is 5.87. The van der Waals surface area contributed by atoms with Gasteiger partial charge in [0.1, 0.15) is 6.04 Å². The second-order valence-corrected chi connectivity index (χ2v) is 4.44. The monoisotopic (exact) mass is 228 g/mol. The fourth-order valence-electron chi connectivity index (χ4n) is 1.98. The van der Waals surface area contributed by atoms with Gasteiger partial charge in [-0.3, -0.25) is 4.79 Å². The van der Waals surface area contributed by atoms with Crippen molar-refractivity contribution in [2.24, 2.45) is 11.7 Å². The molecule has 1 unspecified atom stereocenters. The Bertz CT molecular complexity index is 280. The van der Waals surface area contributed by atoms with Crippen molar-refractivity contribution >= 4 is 11.9 Å². The molecule has 1 saturated heterocycles. The number of carbonyl (C=O) groups excluding carboxylic acids is 1. The molecule has 0 bridgehead atoms. The predicted molar refractivity (Wildman–Crippen MR) is 59.8 cm³/mol. The molecule has 1 heterocycles. The van der Waals surface area contributed by atoms with Gasteiger partial charge in [0.05, 0.1) is 6.04 Å². The molecular formula is C11H20N2O3. The molecule has 0 spiro atoms. The third-order valence-corrected chi connectivity index (χ3v) is 3.36. The number of rotatable bonds is 4. The fraction of sp³-hybridized carbons (Fsp3) is 0.818. The van der Waals surface area contributed by atoms with Crippen molar-refractivity contribution in [3.63, 3.8) is 0 Å². The minimum atomic E-state index is -0.929. The average Bonchev–Trinajstić information content (AvgIpc) is 2.74. The lowest BCUT2D eigenvalue weighted by Gasteiger charge is -2.27. The van der Waals surface area contributed by atoms with Gasteiger partial charge in [-0.15, -0.1) is 0 Å². The summed E-state index contributed by atoms with van der Waals surface area (Å²) >= 11 is 0. The van der Waals surface area contributed by atoms with Crippen LogP contribution >= 0.6 is 0 Å². The van der Waals surface area contributed by atoms with Crippen LogP contribution in [-0.4, -0.2) is 40.5 Å². The lowest BCUT2D eigenvalue weighted by atomic mass is 9.98. The zero-order valence-corrected chi connectivity index (χ0v) is 9.85. The van der Waals surface area contributed by atoms with E-state index >= 15 is 0 Å². The molecule has 1 fully saturated rings. The van der Waals surface area contributed by atoms with Crippen LogP contribution in [0.1, 0.15) is 33.1 Å². The minimum Gasteiger partial charge on any atom is -0.480 e. The summed E-state index contributed by atoms with van der Waals surface area (Å²) in [6.07, 6.45) is 2.10. The molecule has 1 aliphatic rings. The van der Waals surface area contributed by atoms with Crippen LogP contribution in [0.5, 0.6) is 0 Å². The van der Waals surface area contributed by atoms with Crippen molar-refractivity contribution in [1.29, 1.82) is 0 Å². The maximum atomic E-state index is 12.0. The minimum absolute atomic E-state index is 0.0857. The van der Waals surface area contributed by atoms with E-state index < -0.39 is 18.1 Å². The topological polar surface area (TPSA) is 83.6 Å². The van der Waals surface area contributed by atoms with E-state index in [-0.39, 0.29) is 11.8 Å². The molecule has 1 amide bonds. The van der Waals surface area contributed by atoms with Crippen LogP contribution < -0.4 is 5.73 Å². The van der Waals surface area contributed by atoms with Crippen LogP contribution in [0.3, 0.4) is 0 Å². The fourth-order valence-corrected chi connectivity index (χ4v) is 1.98. The largest absolute Gasteiger partial charge is 0.480 e. The highest BCUT2D eigenvalue weighted by atomic mass is 16.4. The second kappa shape index (κ2) is 5.30. The molecule has 3 N–H and O–H groups in total. The normalized spacial score (nSPS) is 24.2. The third kappa shape index (κ3) is 2.52. The Hall–Kier alpha value is -1.10. The van der Waals surface area contributed by atoms with Gasteiger partial charge in [0.15, 0.2) is 0 Å². The van der Waals surface area contributed by atoms with Gasteiger partial charge in [-0.1, -0.05) is 20.3 Å². The van der Waals surface area contributed by atoms with Crippen LogP contribution in [0.15, 0.2) is 0 Å². The smallest absolute Gasteiger partial charge is 0.326 e. The van der Waals surface area contributed by atoms with Gasteiger partial charge in [-0.05, 0) is 18.8 Å². The maximum Gasteiger partial charge on any atom is 0.326 e. The van der Waals surface area contributed by atoms with E-state index in [0.29, 0.717) is 13.0 Å². The van der Waals surface area contributed by atoms with Gasteiger partial charge in [-0.25, -0.2) is 4.79 Å². The number of carboxylic acids is 1. The maximum absolute atomic E-state index is 12.0. The van der Waals surface area contributed by atoms with E-state index in [1.54, 1.807) is 0 Å². The van der Waals surface area contributed by atoms with Gasteiger partial charge in [-0.2, -0.15) is 0 Å². The Labute approximate surface area is 95.6 Å². The summed E-state index contributed by atoms with van der Waals surface area (Å²) in [5, 5.41) is 8.98. The third-order valence-electron chi connectivity index (χ3n) is 3.36. The molecular weight excluding hydrogens is 208 g/mol. The van der Waals surface area contributed by atoms with E-state index in [1.807, 2.05) is 13.8 Å². The summed E-state index contributed by atoms with van der Waals surface area (Å²) in [6.45, 7) is 4.39. The van der Waals surface area contributed by atoms with E-state index in [2.05, 4.69) is 0 Å². The molecule has 3 atom stereocenters. The molecule has 0 radical (unpaired) electrons. The van der Waals surface area contributed by atoms with Crippen molar-refractivity contribution in [1.82, 2.24) is 4.90 Å². The molecule has 5 nitrogen and oxygen atoms in total. The highest BCUT2D eigenvalue weighted by Gasteiger charge is 2.36. The number of aliphatic carboxylic acids is 1. The number of likely N-dealkylation sites (tertiary alicyclic amines) is 1. The molecule has 0 aliphatic carbocycles. The summed E-state index contributed by atoms with van der Waals surface area (Å²) in [4.78, 5) is 24.4. The quantitative estimate of drug-likeness (QED) is 0.731.